The van der Waals surface area contributed by atoms with Crippen LogP contribution in [0.1, 0.15) is 28.9 Å². The molecule has 0 saturated carbocycles. The average Bonchev–Trinajstić information content (AvgIpc) is 2.62. The van der Waals surface area contributed by atoms with Crippen molar-refractivity contribution in [2.24, 2.45) is 0 Å². The Bertz CT molecular complexity index is 780. The van der Waals surface area contributed by atoms with Crippen LogP contribution in [-0.4, -0.2) is 27.2 Å². The molecule has 1 amide bonds. The molecule has 134 valence electrons. The first-order valence-corrected chi connectivity index (χ1v) is 8.23. The number of methoxy groups -OCH3 is 3. The van der Waals surface area contributed by atoms with Gasteiger partial charge in [0.25, 0.3) is 5.91 Å². The maximum Gasteiger partial charge on any atom is 0.255 e. The largest absolute Gasteiger partial charge is 0.493 e. The van der Waals surface area contributed by atoms with E-state index in [2.05, 4.69) is 5.32 Å². The molecule has 0 aromatic heterocycles. The predicted octanol–water partition coefficient (Wildman–Crippen LogP) is 4.51. The molecule has 0 aliphatic rings. The molecule has 0 aliphatic heterocycles. The van der Waals surface area contributed by atoms with E-state index < -0.39 is 0 Å². The topological polar surface area (TPSA) is 56.8 Å². The van der Waals surface area contributed by atoms with Crippen molar-refractivity contribution >= 4 is 29.1 Å². The molecule has 2 aromatic rings. The lowest BCUT2D eigenvalue weighted by Gasteiger charge is -2.18. The smallest absolute Gasteiger partial charge is 0.255 e. The van der Waals surface area contributed by atoms with E-state index in [1.807, 2.05) is 13.0 Å². The van der Waals surface area contributed by atoms with E-state index in [1.165, 1.54) is 21.3 Å². The van der Waals surface area contributed by atoms with E-state index in [-0.39, 0.29) is 11.9 Å². The molecule has 0 saturated heterocycles. The van der Waals surface area contributed by atoms with E-state index in [4.69, 9.17) is 37.4 Å². The SMILES string of the molecule is COc1ccc(C(=O)N[C@H](C)c2ccc(Cl)c(Cl)c2)c(OC)c1OC. The number of ether oxygens (including phenoxy) is 3. The quantitative estimate of drug-likeness (QED) is 0.796. The lowest BCUT2D eigenvalue weighted by molar-refractivity contribution is 0.0936. The molecule has 0 fully saturated rings. The van der Waals surface area contributed by atoms with Gasteiger partial charge in [0.1, 0.15) is 0 Å². The fraction of sp³-hybridized carbons (Fsp3) is 0.278. The van der Waals surface area contributed by atoms with Crippen molar-refractivity contribution in [2.75, 3.05) is 21.3 Å². The van der Waals surface area contributed by atoms with Crippen molar-refractivity contribution in [2.45, 2.75) is 13.0 Å². The minimum absolute atomic E-state index is 0.278. The van der Waals surface area contributed by atoms with Gasteiger partial charge in [-0.15, -0.1) is 0 Å². The molecule has 2 aromatic carbocycles. The van der Waals surface area contributed by atoms with E-state index >= 15 is 0 Å². The standard InChI is InChI=1S/C18H19Cl2NO4/c1-10(11-5-7-13(19)14(20)9-11)21-18(22)12-6-8-15(23-2)17(25-4)16(12)24-3/h5-10H,1-4H3,(H,21,22)/t10-/m1/s1. The third-order valence-electron chi connectivity index (χ3n) is 3.74. The Morgan fingerprint density at radius 1 is 0.960 bits per heavy atom. The molecule has 0 bridgehead atoms. The minimum Gasteiger partial charge on any atom is -0.493 e. The molecule has 0 heterocycles. The fourth-order valence-electron chi connectivity index (χ4n) is 2.42. The summed E-state index contributed by atoms with van der Waals surface area (Å²) in [4.78, 5) is 12.7. The highest BCUT2D eigenvalue weighted by Gasteiger charge is 2.22. The molecule has 0 unspecified atom stereocenters. The first kappa shape index (κ1) is 19.2. The molecule has 1 atom stereocenters. The molecule has 2 rings (SSSR count). The predicted molar refractivity (Wildman–Crippen MR) is 98.4 cm³/mol. The minimum atomic E-state index is -0.309. The monoisotopic (exact) mass is 383 g/mol. The molecule has 0 aliphatic carbocycles. The lowest BCUT2D eigenvalue weighted by Crippen LogP contribution is -2.27. The van der Waals surface area contributed by atoms with Gasteiger partial charge in [-0.2, -0.15) is 0 Å². The van der Waals surface area contributed by atoms with Crippen molar-refractivity contribution in [3.8, 4) is 17.2 Å². The number of hydrogen-bond acceptors (Lipinski definition) is 4. The van der Waals surface area contributed by atoms with Crippen LogP contribution in [0.25, 0.3) is 0 Å². The Kier molecular flexibility index (Phi) is 6.39. The van der Waals surface area contributed by atoms with E-state index in [0.29, 0.717) is 32.9 Å². The number of amides is 1. The van der Waals surface area contributed by atoms with E-state index in [0.717, 1.165) is 5.56 Å². The second-order valence-electron chi connectivity index (χ2n) is 5.25. The Morgan fingerprint density at radius 3 is 2.20 bits per heavy atom. The third-order valence-corrected chi connectivity index (χ3v) is 4.48. The van der Waals surface area contributed by atoms with E-state index in [9.17, 15) is 4.79 Å². The van der Waals surface area contributed by atoms with Crippen LogP contribution in [0.5, 0.6) is 17.2 Å². The second-order valence-corrected chi connectivity index (χ2v) is 6.06. The summed E-state index contributed by atoms with van der Waals surface area (Å²) in [6, 6.07) is 8.22. The maximum absolute atomic E-state index is 12.7. The van der Waals surface area contributed by atoms with Crippen molar-refractivity contribution < 1.29 is 19.0 Å². The van der Waals surface area contributed by atoms with Gasteiger partial charge in [0.15, 0.2) is 11.5 Å². The van der Waals surface area contributed by atoms with Gasteiger partial charge in [0.2, 0.25) is 5.75 Å². The Labute approximate surface area is 156 Å². The van der Waals surface area contributed by atoms with Crippen LogP contribution in [0.4, 0.5) is 0 Å². The highest BCUT2D eigenvalue weighted by atomic mass is 35.5. The van der Waals surface area contributed by atoms with Gasteiger partial charge in [0.05, 0.1) is 43.0 Å². The molecular weight excluding hydrogens is 365 g/mol. The zero-order valence-corrected chi connectivity index (χ0v) is 15.9. The zero-order chi connectivity index (χ0) is 18.6. The summed E-state index contributed by atoms with van der Waals surface area (Å²) in [5.41, 5.74) is 1.18. The van der Waals surface area contributed by atoms with Crippen molar-refractivity contribution in [3.05, 3.63) is 51.5 Å². The molecule has 7 heteroatoms. The average molecular weight is 384 g/mol. The summed E-state index contributed by atoms with van der Waals surface area (Å²) in [5, 5.41) is 3.80. The molecular formula is C18H19Cl2NO4. The van der Waals surface area contributed by atoms with Gasteiger partial charge >= 0.3 is 0 Å². The summed E-state index contributed by atoms with van der Waals surface area (Å²) < 4.78 is 15.9. The number of halogens is 2. The molecule has 5 nitrogen and oxygen atoms in total. The van der Waals surface area contributed by atoms with Gasteiger partial charge in [-0.05, 0) is 36.8 Å². The Balaban J connectivity index is 2.29. The van der Waals surface area contributed by atoms with Crippen LogP contribution in [-0.2, 0) is 0 Å². The number of carbonyl (C=O) groups is 1. The van der Waals surface area contributed by atoms with Crippen LogP contribution in [0.2, 0.25) is 10.0 Å². The molecule has 0 radical (unpaired) electrons. The number of carbonyl (C=O) groups excluding carboxylic acids is 1. The summed E-state index contributed by atoms with van der Waals surface area (Å²) in [6.07, 6.45) is 0. The summed E-state index contributed by atoms with van der Waals surface area (Å²) in [5.74, 6) is 0.838. The lowest BCUT2D eigenvalue weighted by atomic mass is 10.1. The zero-order valence-electron chi connectivity index (χ0n) is 14.4. The molecule has 25 heavy (non-hydrogen) atoms. The van der Waals surface area contributed by atoms with Crippen LogP contribution in [0.15, 0.2) is 30.3 Å². The van der Waals surface area contributed by atoms with Gasteiger partial charge in [-0.25, -0.2) is 0 Å². The van der Waals surface area contributed by atoms with E-state index in [1.54, 1.807) is 24.3 Å². The third kappa shape index (κ3) is 4.11. The summed E-state index contributed by atoms with van der Waals surface area (Å²) in [6.45, 7) is 1.85. The van der Waals surface area contributed by atoms with Crippen molar-refractivity contribution in [1.29, 1.82) is 0 Å². The Hall–Kier alpha value is -2.11. The first-order chi connectivity index (χ1) is 11.9. The fourth-order valence-corrected chi connectivity index (χ4v) is 2.73. The number of nitrogens with one attached hydrogen (secondary N) is 1. The van der Waals surface area contributed by atoms with Crippen LogP contribution < -0.4 is 19.5 Å². The van der Waals surface area contributed by atoms with Gasteiger partial charge in [0, 0.05) is 0 Å². The highest BCUT2D eigenvalue weighted by molar-refractivity contribution is 6.42. The van der Waals surface area contributed by atoms with Gasteiger partial charge < -0.3 is 19.5 Å². The van der Waals surface area contributed by atoms with Crippen molar-refractivity contribution in [1.82, 2.24) is 5.32 Å². The van der Waals surface area contributed by atoms with Gasteiger partial charge in [-0.3, -0.25) is 4.79 Å². The first-order valence-electron chi connectivity index (χ1n) is 7.47. The van der Waals surface area contributed by atoms with Crippen LogP contribution in [0.3, 0.4) is 0 Å². The summed E-state index contributed by atoms with van der Waals surface area (Å²) >= 11 is 12.0. The van der Waals surface area contributed by atoms with Crippen LogP contribution in [0, 0.1) is 0 Å². The highest BCUT2D eigenvalue weighted by Crippen LogP contribution is 2.39. The normalized spacial score (nSPS) is 11.6. The number of rotatable bonds is 6. The van der Waals surface area contributed by atoms with Crippen LogP contribution >= 0.6 is 23.2 Å². The maximum atomic E-state index is 12.7. The van der Waals surface area contributed by atoms with Crippen molar-refractivity contribution in [3.63, 3.8) is 0 Å². The molecule has 1 N–H and O–H groups in total. The number of benzene rings is 2. The summed E-state index contributed by atoms with van der Waals surface area (Å²) in [7, 11) is 4.47. The Morgan fingerprint density at radius 2 is 1.64 bits per heavy atom. The molecule has 0 spiro atoms. The number of hydrogen-bond donors (Lipinski definition) is 1. The van der Waals surface area contributed by atoms with Gasteiger partial charge in [-0.1, -0.05) is 29.3 Å². The second kappa shape index (κ2) is 8.32.